The van der Waals surface area contributed by atoms with Crippen molar-refractivity contribution in [2.24, 2.45) is 11.7 Å². The number of nitrogens with two attached hydrogens (primary N) is 1. The standard InChI is InChI=1S/C15H24N2S/c1-13-11-17(8-7-15(13)16)9-10-18-12-14-5-3-2-4-6-14/h2-6,13,15H,7-12,16H2,1H3. The predicted octanol–water partition coefficient (Wildman–Crippen LogP) is 2.59. The highest BCUT2D eigenvalue weighted by Crippen LogP contribution is 2.16. The predicted molar refractivity (Wildman–Crippen MR) is 80.8 cm³/mol. The average Bonchev–Trinajstić information content (AvgIpc) is 2.40. The number of rotatable bonds is 5. The first-order valence-corrected chi connectivity index (χ1v) is 8.01. The summed E-state index contributed by atoms with van der Waals surface area (Å²) in [5, 5.41) is 0. The average molecular weight is 264 g/mol. The van der Waals surface area contributed by atoms with Gasteiger partial charge in [0.15, 0.2) is 0 Å². The Labute approximate surface area is 115 Å². The molecule has 18 heavy (non-hydrogen) atoms. The van der Waals surface area contributed by atoms with Crippen LogP contribution in [0.5, 0.6) is 0 Å². The fraction of sp³-hybridized carbons (Fsp3) is 0.600. The largest absolute Gasteiger partial charge is 0.327 e. The van der Waals surface area contributed by atoms with Gasteiger partial charge in [0.25, 0.3) is 0 Å². The quantitative estimate of drug-likeness (QED) is 0.829. The summed E-state index contributed by atoms with van der Waals surface area (Å²) >= 11 is 2.03. The zero-order valence-corrected chi connectivity index (χ0v) is 12.0. The van der Waals surface area contributed by atoms with E-state index in [0.717, 1.165) is 12.2 Å². The maximum absolute atomic E-state index is 6.04. The number of likely N-dealkylation sites (tertiary alicyclic amines) is 1. The van der Waals surface area contributed by atoms with Crippen molar-refractivity contribution in [1.29, 1.82) is 0 Å². The molecular formula is C15H24N2S. The smallest absolute Gasteiger partial charge is 0.0185 e. The molecule has 1 heterocycles. The fourth-order valence-electron chi connectivity index (χ4n) is 2.41. The number of hydrogen-bond donors (Lipinski definition) is 1. The molecule has 100 valence electrons. The normalized spacial score (nSPS) is 25.2. The van der Waals surface area contributed by atoms with Crippen molar-refractivity contribution in [1.82, 2.24) is 4.90 Å². The molecule has 0 bridgehead atoms. The Morgan fingerprint density at radius 3 is 2.83 bits per heavy atom. The third-order valence-corrected chi connectivity index (χ3v) is 4.73. The maximum atomic E-state index is 6.04. The summed E-state index contributed by atoms with van der Waals surface area (Å²) in [5.74, 6) is 3.00. The van der Waals surface area contributed by atoms with Crippen LogP contribution >= 0.6 is 11.8 Å². The van der Waals surface area contributed by atoms with E-state index in [0.29, 0.717) is 12.0 Å². The SMILES string of the molecule is CC1CN(CCSCc2ccccc2)CCC1N. The zero-order chi connectivity index (χ0) is 12.8. The molecule has 2 unspecified atom stereocenters. The fourth-order valence-corrected chi connectivity index (χ4v) is 3.37. The van der Waals surface area contributed by atoms with Crippen LogP contribution in [0.4, 0.5) is 0 Å². The van der Waals surface area contributed by atoms with Crippen molar-refractivity contribution in [2.45, 2.75) is 25.1 Å². The van der Waals surface area contributed by atoms with Crippen LogP contribution in [0.25, 0.3) is 0 Å². The maximum Gasteiger partial charge on any atom is 0.0185 e. The van der Waals surface area contributed by atoms with Crippen LogP contribution in [0.3, 0.4) is 0 Å². The van der Waals surface area contributed by atoms with Gasteiger partial charge >= 0.3 is 0 Å². The molecule has 0 radical (unpaired) electrons. The second-order valence-corrected chi connectivity index (χ2v) is 6.37. The van der Waals surface area contributed by atoms with Crippen LogP contribution in [0, 0.1) is 5.92 Å². The van der Waals surface area contributed by atoms with E-state index in [9.17, 15) is 0 Å². The molecule has 1 aliphatic rings. The molecule has 2 N–H and O–H groups in total. The van der Waals surface area contributed by atoms with E-state index in [-0.39, 0.29) is 0 Å². The first-order chi connectivity index (χ1) is 8.75. The first-order valence-electron chi connectivity index (χ1n) is 6.85. The Hall–Kier alpha value is -0.510. The molecule has 0 saturated carbocycles. The highest BCUT2D eigenvalue weighted by Gasteiger charge is 2.22. The highest BCUT2D eigenvalue weighted by molar-refractivity contribution is 7.98. The minimum absolute atomic E-state index is 0.415. The molecule has 2 nitrogen and oxygen atoms in total. The minimum atomic E-state index is 0.415. The third-order valence-electron chi connectivity index (χ3n) is 3.72. The van der Waals surface area contributed by atoms with Crippen molar-refractivity contribution >= 4 is 11.8 Å². The van der Waals surface area contributed by atoms with Gasteiger partial charge in [-0.2, -0.15) is 11.8 Å². The summed E-state index contributed by atoms with van der Waals surface area (Å²) in [6, 6.07) is 11.1. The summed E-state index contributed by atoms with van der Waals surface area (Å²) in [7, 11) is 0. The molecule has 1 aliphatic heterocycles. The lowest BCUT2D eigenvalue weighted by atomic mass is 9.95. The van der Waals surface area contributed by atoms with Gasteiger partial charge in [0.1, 0.15) is 0 Å². The summed E-state index contributed by atoms with van der Waals surface area (Å²) in [5.41, 5.74) is 7.47. The lowest BCUT2D eigenvalue weighted by Crippen LogP contribution is -2.46. The minimum Gasteiger partial charge on any atom is -0.327 e. The summed E-state index contributed by atoms with van der Waals surface area (Å²) in [6.45, 7) is 5.83. The molecule has 2 rings (SSSR count). The topological polar surface area (TPSA) is 29.3 Å². The number of piperidine rings is 1. The van der Waals surface area contributed by atoms with Crippen LogP contribution in [-0.2, 0) is 5.75 Å². The summed E-state index contributed by atoms with van der Waals surface area (Å²) in [6.07, 6.45) is 1.16. The van der Waals surface area contributed by atoms with Gasteiger partial charge in [-0.15, -0.1) is 0 Å². The van der Waals surface area contributed by atoms with Crippen molar-refractivity contribution in [3.63, 3.8) is 0 Å². The molecule has 0 amide bonds. The van der Waals surface area contributed by atoms with Gasteiger partial charge in [0.05, 0.1) is 0 Å². The van der Waals surface area contributed by atoms with E-state index in [1.807, 2.05) is 11.8 Å². The van der Waals surface area contributed by atoms with E-state index in [1.165, 1.54) is 31.0 Å². The molecule has 0 spiro atoms. The Kier molecular flexibility index (Phi) is 5.54. The van der Waals surface area contributed by atoms with Gasteiger partial charge < -0.3 is 10.6 Å². The highest BCUT2D eigenvalue weighted by atomic mass is 32.2. The molecule has 3 heteroatoms. The lowest BCUT2D eigenvalue weighted by Gasteiger charge is -2.34. The molecule has 1 aromatic carbocycles. The van der Waals surface area contributed by atoms with Gasteiger partial charge in [0, 0.05) is 30.6 Å². The van der Waals surface area contributed by atoms with E-state index in [1.54, 1.807) is 0 Å². The van der Waals surface area contributed by atoms with Crippen molar-refractivity contribution in [2.75, 3.05) is 25.4 Å². The Bertz CT molecular complexity index is 342. The Morgan fingerprint density at radius 2 is 2.11 bits per heavy atom. The number of thioether (sulfide) groups is 1. The van der Waals surface area contributed by atoms with E-state index >= 15 is 0 Å². The number of hydrogen-bond acceptors (Lipinski definition) is 3. The van der Waals surface area contributed by atoms with Crippen LogP contribution in [0.1, 0.15) is 18.9 Å². The summed E-state index contributed by atoms with van der Waals surface area (Å²) < 4.78 is 0. The first kappa shape index (κ1) is 13.9. The molecule has 2 atom stereocenters. The Morgan fingerprint density at radius 1 is 1.33 bits per heavy atom. The van der Waals surface area contributed by atoms with Crippen LogP contribution in [0.2, 0.25) is 0 Å². The van der Waals surface area contributed by atoms with Gasteiger partial charge in [-0.1, -0.05) is 37.3 Å². The molecule has 1 saturated heterocycles. The molecule has 1 aromatic rings. The van der Waals surface area contributed by atoms with Gasteiger partial charge in [0.2, 0.25) is 0 Å². The van der Waals surface area contributed by atoms with Crippen molar-refractivity contribution in [3.05, 3.63) is 35.9 Å². The van der Waals surface area contributed by atoms with Gasteiger partial charge in [-0.25, -0.2) is 0 Å². The third kappa shape index (κ3) is 4.30. The van der Waals surface area contributed by atoms with Crippen LogP contribution in [0.15, 0.2) is 30.3 Å². The molecule has 0 aromatic heterocycles. The van der Waals surface area contributed by atoms with E-state index < -0.39 is 0 Å². The van der Waals surface area contributed by atoms with Crippen LogP contribution < -0.4 is 5.73 Å². The molecule has 0 aliphatic carbocycles. The van der Waals surface area contributed by atoms with Gasteiger partial charge in [-0.3, -0.25) is 0 Å². The van der Waals surface area contributed by atoms with E-state index in [2.05, 4.69) is 42.2 Å². The Balaban J connectivity index is 1.61. The zero-order valence-electron chi connectivity index (χ0n) is 11.2. The second-order valence-electron chi connectivity index (χ2n) is 5.27. The molecular weight excluding hydrogens is 240 g/mol. The van der Waals surface area contributed by atoms with Crippen molar-refractivity contribution < 1.29 is 0 Å². The summed E-state index contributed by atoms with van der Waals surface area (Å²) in [4.78, 5) is 2.56. The number of benzene rings is 1. The van der Waals surface area contributed by atoms with E-state index in [4.69, 9.17) is 5.73 Å². The van der Waals surface area contributed by atoms with Crippen LogP contribution in [-0.4, -0.2) is 36.3 Å². The lowest BCUT2D eigenvalue weighted by molar-refractivity contribution is 0.173. The van der Waals surface area contributed by atoms with Crippen molar-refractivity contribution in [3.8, 4) is 0 Å². The second kappa shape index (κ2) is 7.17. The molecule has 1 fully saturated rings. The van der Waals surface area contributed by atoms with Gasteiger partial charge in [-0.05, 0) is 24.4 Å². The number of nitrogens with zero attached hydrogens (tertiary/aromatic N) is 1. The monoisotopic (exact) mass is 264 g/mol.